The predicted octanol–water partition coefficient (Wildman–Crippen LogP) is 4.16. The van der Waals surface area contributed by atoms with Crippen molar-refractivity contribution in [2.24, 2.45) is 0 Å². The first-order valence-electron chi connectivity index (χ1n) is 9.08. The summed E-state index contributed by atoms with van der Waals surface area (Å²) in [5.74, 6) is 0.0270. The molecule has 0 N–H and O–H groups in total. The molecule has 0 spiro atoms. The van der Waals surface area contributed by atoms with Crippen LogP contribution in [0.15, 0.2) is 53.9 Å². The average molecular weight is 366 g/mol. The fourth-order valence-electron chi connectivity index (χ4n) is 3.46. The number of carbonyl (C=O) groups excluding carboxylic acids is 1. The van der Waals surface area contributed by atoms with Crippen LogP contribution in [-0.4, -0.2) is 41.6 Å². The zero-order valence-electron chi connectivity index (χ0n) is 14.6. The molecule has 0 radical (unpaired) electrons. The number of pyridine rings is 1. The number of hydrogen-bond donors (Lipinski definition) is 0. The molecule has 0 unspecified atom stereocenters. The Morgan fingerprint density at radius 1 is 1.12 bits per heavy atom. The molecule has 1 aliphatic heterocycles. The summed E-state index contributed by atoms with van der Waals surface area (Å²) in [6, 6.07) is 16.2. The second kappa shape index (κ2) is 7.98. The molecule has 1 aromatic carbocycles. The van der Waals surface area contributed by atoms with Crippen LogP contribution in [0.5, 0.6) is 0 Å². The summed E-state index contributed by atoms with van der Waals surface area (Å²) in [5, 5.41) is 3.14. The predicted molar refractivity (Wildman–Crippen MR) is 105 cm³/mol. The maximum Gasteiger partial charge on any atom is 0.272 e. The molecule has 0 atom stereocenters. The van der Waals surface area contributed by atoms with Crippen LogP contribution < -0.4 is 0 Å². The fourth-order valence-corrected chi connectivity index (χ4v) is 4.16. The monoisotopic (exact) mass is 366 g/mol. The average Bonchev–Trinajstić information content (AvgIpc) is 3.22. The zero-order valence-corrected chi connectivity index (χ0v) is 15.5. The minimum atomic E-state index is 0.0270. The van der Waals surface area contributed by atoms with E-state index in [1.165, 1.54) is 4.88 Å². The first kappa shape index (κ1) is 17.2. The highest BCUT2D eigenvalue weighted by Gasteiger charge is 2.27. The minimum absolute atomic E-state index is 0.0270. The molecule has 5 heteroatoms. The quantitative estimate of drug-likeness (QED) is 0.681. The summed E-state index contributed by atoms with van der Waals surface area (Å²) in [7, 11) is 0. The van der Waals surface area contributed by atoms with Crippen LogP contribution >= 0.6 is 11.3 Å². The van der Waals surface area contributed by atoms with Gasteiger partial charge in [0.1, 0.15) is 5.69 Å². The van der Waals surface area contributed by atoms with Crippen LogP contribution in [0.2, 0.25) is 0 Å². The third kappa shape index (κ3) is 3.79. The van der Waals surface area contributed by atoms with Gasteiger partial charge in [0, 0.05) is 36.1 Å². The number of amides is 1. The molecule has 4 rings (SSSR count). The van der Waals surface area contributed by atoms with Gasteiger partial charge in [-0.2, -0.15) is 0 Å². The van der Waals surface area contributed by atoms with E-state index in [2.05, 4.69) is 22.5 Å². The second-order valence-electron chi connectivity index (χ2n) is 6.56. The van der Waals surface area contributed by atoms with Crippen LogP contribution in [0.3, 0.4) is 0 Å². The van der Waals surface area contributed by atoms with Crippen LogP contribution in [0.25, 0.3) is 10.9 Å². The van der Waals surface area contributed by atoms with E-state index < -0.39 is 0 Å². The summed E-state index contributed by atoms with van der Waals surface area (Å²) in [6.45, 7) is 2.16. The number of benzene rings is 1. The molecule has 1 fully saturated rings. The first-order chi connectivity index (χ1) is 12.8. The lowest BCUT2D eigenvalue weighted by Gasteiger charge is -2.34. The standard InChI is InChI=1S/C21H22N2O2S/c24-21(20-8-7-16-4-1-2-6-19(16)22-20)23(17-10-13-25-14-11-17)12-9-18-5-3-15-26-18/h1-8,15,17H,9-14H2. The number of ether oxygens (including phenoxy) is 1. The lowest BCUT2D eigenvalue weighted by Crippen LogP contribution is -2.44. The van der Waals surface area contributed by atoms with Crippen LogP contribution in [0.1, 0.15) is 28.2 Å². The highest BCUT2D eigenvalue weighted by Crippen LogP contribution is 2.20. The number of rotatable bonds is 5. The maximum atomic E-state index is 13.3. The molecule has 1 saturated heterocycles. The van der Waals surface area contributed by atoms with E-state index in [1.807, 2.05) is 41.3 Å². The van der Waals surface area contributed by atoms with E-state index in [0.717, 1.165) is 49.9 Å². The van der Waals surface area contributed by atoms with E-state index in [4.69, 9.17) is 4.74 Å². The molecule has 0 bridgehead atoms. The Balaban J connectivity index is 1.58. The van der Waals surface area contributed by atoms with E-state index in [-0.39, 0.29) is 11.9 Å². The van der Waals surface area contributed by atoms with Gasteiger partial charge in [0.15, 0.2) is 0 Å². The minimum Gasteiger partial charge on any atom is -0.381 e. The summed E-state index contributed by atoms with van der Waals surface area (Å²) in [6.07, 6.45) is 2.67. The van der Waals surface area contributed by atoms with Crippen LogP contribution in [-0.2, 0) is 11.2 Å². The Morgan fingerprint density at radius 3 is 2.77 bits per heavy atom. The van der Waals surface area contributed by atoms with E-state index in [1.54, 1.807) is 11.3 Å². The van der Waals surface area contributed by atoms with Crippen LogP contribution in [0.4, 0.5) is 0 Å². The Morgan fingerprint density at radius 2 is 1.96 bits per heavy atom. The molecule has 134 valence electrons. The van der Waals surface area contributed by atoms with Gasteiger partial charge in [0.25, 0.3) is 5.91 Å². The Kier molecular flexibility index (Phi) is 5.27. The SMILES string of the molecule is O=C(c1ccc2ccccc2n1)N(CCc1cccs1)C1CCOCC1. The lowest BCUT2D eigenvalue weighted by molar-refractivity contribution is 0.0291. The summed E-state index contributed by atoms with van der Waals surface area (Å²) < 4.78 is 5.49. The molecule has 4 nitrogen and oxygen atoms in total. The summed E-state index contributed by atoms with van der Waals surface area (Å²) >= 11 is 1.74. The van der Waals surface area contributed by atoms with Gasteiger partial charge in [-0.15, -0.1) is 11.3 Å². The third-order valence-corrected chi connectivity index (χ3v) is 5.83. The molecular weight excluding hydrogens is 344 g/mol. The Labute approximate surface area is 157 Å². The van der Waals surface area contributed by atoms with Crippen molar-refractivity contribution >= 4 is 28.1 Å². The third-order valence-electron chi connectivity index (χ3n) is 4.89. The Hall–Kier alpha value is -2.24. The van der Waals surface area contributed by atoms with E-state index in [0.29, 0.717) is 5.69 Å². The molecule has 26 heavy (non-hydrogen) atoms. The van der Waals surface area contributed by atoms with Crippen molar-refractivity contribution in [3.05, 3.63) is 64.5 Å². The Bertz CT molecular complexity index is 873. The molecule has 2 aromatic heterocycles. The van der Waals surface area contributed by atoms with Gasteiger partial charge in [0.2, 0.25) is 0 Å². The zero-order chi connectivity index (χ0) is 17.8. The summed E-state index contributed by atoms with van der Waals surface area (Å²) in [5.41, 5.74) is 1.39. The number of nitrogens with zero attached hydrogens (tertiary/aromatic N) is 2. The topological polar surface area (TPSA) is 42.4 Å². The molecular formula is C21H22N2O2S. The van der Waals surface area contributed by atoms with Gasteiger partial charge in [-0.25, -0.2) is 4.98 Å². The maximum absolute atomic E-state index is 13.3. The fraction of sp³-hybridized carbons (Fsp3) is 0.333. The lowest BCUT2D eigenvalue weighted by atomic mass is 10.1. The van der Waals surface area contributed by atoms with Crippen molar-refractivity contribution < 1.29 is 9.53 Å². The number of fused-ring (bicyclic) bond motifs is 1. The van der Waals surface area contributed by atoms with E-state index >= 15 is 0 Å². The van der Waals surface area contributed by atoms with Crippen molar-refractivity contribution in [1.29, 1.82) is 0 Å². The second-order valence-corrected chi connectivity index (χ2v) is 7.59. The highest BCUT2D eigenvalue weighted by molar-refractivity contribution is 7.09. The smallest absolute Gasteiger partial charge is 0.272 e. The number of thiophene rings is 1. The molecule has 1 amide bonds. The van der Waals surface area contributed by atoms with Crippen molar-refractivity contribution in [3.63, 3.8) is 0 Å². The van der Waals surface area contributed by atoms with Gasteiger partial charge in [-0.1, -0.05) is 30.3 Å². The van der Waals surface area contributed by atoms with Crippen molar-refractivity contribution in [2.45, 2.75) is 25.3 Å². The number of hydrogen-bond acceptors (Lipinski definition) is 4. The summed E-state index contributed by atoms with van der Waals surface area (Å²) in [4.78, 5) is 21.2. The van der Waals surface area contributed by atoms with Crippen LogP contribution in [0, 0.1) is 0 Å². The van der Waals surface area contributed by atoms with Gasteiger partial charge >= 0.3 is 0 Å². The van der Waals surface area contributed by atoms with Crippen molar-refractivity contribution in [2.75, 3.05) is 19.8 Å². The molecule has 1 aliphatic rings. The van der Waals surface area contributed by atoms with Gasteiger partial charge in [-0.05, 0) is 42.8 Å². The van der Waals surface area contributed by atoms with Gasteiger partial charge < -0.3 is 9.64 Å². The van der Waals surface area contributed by atoms with Crippen molar-refractivity contribution in [3.8, 4) is 0 Å². The molecule has 0 saturated carbocycles. The van der Waals surface area contributed by atoms with Gasteiger partial charge in [0.05, 0.1) is 5.52 Å². The molecule has 3 aromatic rings. The van der Waals surface area contributed by atoms with Crippen molar-refractivity contribution in [1.82, 2.24) is 9.88 Å². The molecule has 3 heterocycles. The highest BCUT2D eigenvalue weighted by atomic mass is 32.1. The normalized spacial score (nSPS) is 15.2. The van der Waals surface area contributed by atoms with E-state index in [9.17, 15) is 4.79 Å². The number of carbonyl (C=O) groups is 1. The molecule has 0 aliphatic carbocycles. The van der Waals surface area contributed by atoms with Gasteiger partial charge in [-0.3, -0.25) is 4.79 Å². The largest absolute Gasteiger partial charge is 0.381 e. The number of para-hydroxylation sites is 1. The first-order valence-corrected chi connectivity index (χ1v) is 9.96. The number of aromatic nitrogens is 1.